The molecule has 2 rings (SSSR count). The molecule has 0 spiro atoms. The van der Waals surface area contributed by atoms with Crippen molar-refractivity contribution in [1.82, 2.24) is 10.6 Å². The molecule has 3 unspecified atom stereocenters. The first-order valence-electron chi connectivity index (χ1n) is 6.23. The number of carboxylic acid groups (broad SMARTS) is 1. The van der Waals surface area contributed by atoms with Crippen LogP contribution in [0.2, 0.25) is 0 Å². The molecule has 1 saturated heterocycles. The predicted octanol–water partition coefficient (Wildman–Crippen LogP) is 0.827. The first kappa shape index (κ1) is 11.9. The maximum atomic E-state index is 10.9. The van der Waals surface area contributed by atoms with Crippen LogP contribution in [0.5, 0.6) is 0 Å². The third-order valence-corrected chi connectivity index (χ3v) is 4.37. The van der Waals surface area contributed by atoms with Crippen molar-refractivity contribution in [3.8, 4) is 0 Å². The molecule has 3 atom stereocenters. The molecule has 92 valence electrons. The Kier molecular flexibility index (Phi) is 3.22. The maximum Gasteiger partial charge on any atom is 0.305 e. The fraction of sp³-hybridized carbons (Fsp3) is 0.917. The molecule has 0 aromatic heterocycles. The van der Waals surface area contributed by atoms with Gasteiger partial charge in [0.2, 0.25) is 0 Å². The van der Waals surface area contributed by atoms with E-state index in [0.717, 1.165) is 19.0 Å². The Morgan fingerprint density at radius 3 is 2.50 bits per heavy atom. The molecule has 0 aromatic rings. The van der Waals surface area contributed by atoms with E-state index in [1.54, 1.807) is 0 Å². The summed E-state index contributed by atoms with van der Waals surface area (Å²) >= 11 is 0. The summed E-state index contributed by atoms with van der Waals surface area (Å²) in [6.07, 6.45) is 2.68. The van der Waals surface area contributed by atoms with Crippen LogP contribution < -0.4 is 10.6 Å². The van der Waals surface area contributed by atoms with Crippen molar-refractivity contribution in [3.05, 3.63) is 0 Å². The molecule has 1 aliphatic heterocycles. The molecule has 4 heteroatoms. The molecule has 1 heterocycles. The number of nitrogens with one attached hydrogen (secondary N) is 2. The van der Waals surface area contributed by atoms with Crippen molar-refractivity contribution < 1.29 is 9.90 Å². The van der Waals surface area contributed by atoms with Gasteiger partial charge in [-0.25, -0.2) is 0 Å². The van der Waals surface area contributed by atoms with Crippen LogP contribution in [0.4, 0.5) is 0 Å². The van der Waals surface area contributed by atoms with Crippen molar-refractivity contribution in [2.24, 2.45) is 11.8 Å². The maximum absolute atomic E-state index is 10.9. The van der Waals surface area contributed by atoms with Gasteiger partial charge in [0.05, 0.1) is 12.0 Å². The summed E-state index contributed by atoms with van der Waals surface area (Å²) in [4.78, 5) is 10.9. The Bertz CT molecular complexity index is 276. The molecule has 1 aliphatic carbocycles. The lowest BCUT2D eigenvalue weighted by Crippen LogP contribution is -2.70. The van der Waals surface area contributed by atoms with Gasteiger partial charge in [0, 0.05) is 19.1 Å². The molecule has 0 bridgehead atoms. The molecule has 16 heavy (non-hydrogen) atoms. The number of hydrogen-bond acceptors (Lipinski definition) is 3. The third kappa shape index (κ3) is 2.23. The van der Waals surface area contributed by atoms with Crippen molar-refractivity contribution in [1.29, 1.82) is 0 Å². The monoisotopic (exact) mass is 226 g/mol. The van der Waals surface area contributed by atoms with E-state index in [0.29, 0.717) is 12.0 Å². The zero-order chi connectivity index (χ0) is 11.8. The van der Waals surface area contributed by atoms with Crippen molar-refractivity contribution >= 4 is 5.97 Å². The molecule has 0 aromatic carbocycles. The summed E-state index contributed by atoms with van der Waals surface area (Å²) < 4.78 is 0. The van der Waals surface area contributed by atoms with E-state index in [4.69, 9.17) is 5.11 Å². The van der Waals surface area contributed by atoms with Gasteiger partial charge in [0.1, 0.15) is 0 Å². The summed E-state index contributed by atoms with van der Waals surface area (Å²) in [5.41, 5.74) is -0.186. The first-order valence-corrected chi connectivity index (χ1v) is 6.23. The van der Waals surface area contributed by atoms with Crippen LogP contribution >= 0.6 is 0 Å². The normalized spacial score (nSPS) is 37.0. The van der Waals surface area contributed by atoms with Crippen molar-refractivity contribution in [2.45, 2.75) is 44.7 Å². The van der Waals surface area contributed by atoms with Crippen LogP contribution in [0.3, 0.4) is 0 Å². The van der Waals surface area contributed by atoms with E-state index in [2.05, 4.69) is 24.5 Å². The Morgan fingerprint density at radius 1 is 1.44 bits per heavy atom. The predicted molar refractivity (Wildman–Crippen MR) is 62.3 cm³/mol. The van der Waals surface area contributed by atoms with Crippen LogP contribution in [0.15, 0.2) is 0 Å². The minimum atomic E-state index is -0.701. The molecule has 3 N–H and O–H groups in total. The molecular weight excluding hydrogens is 204 g/mol. The van der Waals surface area contributed by atoms with Gasteiger partial charge in [0.25, 0.3) is 0 Å². The molecule has 2 fully saturated rings. The first-order chi connectivity index (χ1) is 7.52. The number of carbonyl (C=O) groups is 1. The number of carboxylic acids is 1. The largest absolute Gasteiger partial charge is 0.481 e. The summed E-state index contributed by atoms with van der Waals surface area (Å²) in [5.74, 6) is 0.714. The zero-order valence-corrected chi connectivity index (χ0v) is 10.1. The van der Waals surface area contributed by atoms with Gasteiger partial charge >= 0.3 is 5.97 Å². The fourth-order valence-corrected chi connectivity index (χ4v) is 2.96. The van der Waals surface area contributed by atoms with E-state index in [-0.39, 0.29) is 12.0 Å². The second-order valence-corrected chi connectivity index (χ2v) is 5.62. The van der Waals surface area contributed by atoms with Crippen LogP contribution in [0.1, 0.15) is 33.1 Å². The smallest absolute Gasteiger partial charge is 0.305 e. The Balaban J connectivity index is 1.94. The van der Waals surface area contributed by atoms with Crippen LogP contribution in [0, 0.1) is 11.8 Å². The van der Waals surface area contributed by atoms with Gasteiger partial charge in [-0.2, -0.15) is 0 Å². The molecule has 1 saturated carbocycles. The minimum Gasteiger partial charge on any atom is -0.481 e. The molecular formula is C12H22N2O2. The van der Waals surface area contributed by atoms with Gasteiger partial charge in [-0.3, -0.25) is 4.79 Å². The lowest BCUT2D eigenvalue weighted by Gasteiger charge is -2.45. The van der Waals surface area contributed by atoms with Crippen LogP contribution in [-0.4, -0.2) is 35.7 Å². The molecule has 4 nitrogen and oxygen atoms in total. The zero-order valence-electron chi connectivity index (χ0n) is 10.1. The highest BCUT2D eigenvalue weighted by molar-refractivity contribution is 5.68. The number of rotatable bonds is 4. The Morgan fingerprint density at radius 2 is 2.12 bits per heavy atom. The van der Waals surface area contributed by atoms with Gasteiger partial charge in [-0.1, -0.05) is 13.8 Å². The summed E-state index contributed by atoms with van der Waals surface area (Å²) in [5, 5.41) is 15.7. The molecule has 2 aliphatic rings. The highest BCUT2D eigenvalue weighted by Gasteiger charge is 2.43. The van der Waals surface area contributed by atoms with E-state index < -0.39 is 5.97 Å². The van der Waals surface area contributed by atoms with Gasteiger partial charge in [0.15, 0.2) is 0 Å². The second kappa shape index (κ2) is 4.34. The minimum absolute atomic E-state index is 0.186. The van der Waals surface area contributed by atoms with E-state index >= 15 is 0 Å². The standard InChI is InChI=1S/C12H22N2O2/c1-8-3-4-10(9(8)2)14-12(5-11(15)16)6-13-7-12/h8-10,13-14H,3-7H2,1-2H3,(H,15,16). The number of hydrogen-bond donors (Lipinski definition) is 3. The van der Waals surface area contributed by atoms with Crippen molar-refractivity contribution in [3.63, 3.8) is 0 Å². The van der Waals surface area contributed by atoms with Gasteiger partial charge in [-0.15, -0.1) is 0 Å². The van der Waals surface area contributed by atoms with Crippen molar-refractivity contribution in [2.75, 3.05) is 13.1 Å². The van der Waals surface area contributed by atoms with E-state index in [1.807, 2.05) is 0 Å². The Labute approximate surface area is 96.8 Å². The number of aliphatic carboxylic acids is 1. The average molecular weight is 226 g/mol. The lowest BCUT2D eigenvalue weighted by atomic mass is 9.86. The lowest BCUT2D eigenvalue weighted by molar-refractivity contribution is -0.139. The highest BCUT2D eigenvalue weighted by Crippen LogP contribution is 2.33. The van der Waals surface area contributed by atoms with Gasteiger partial charge < -0.3 is 15.7 Å². The SMILES string of the molecule is CC1CCC(NC2(CC(=O)O)CNC2)C1C. The van der Waals surface area contributed by atoms with Crippen LogP contribution in [0.25, 0.3) is 0 Å². The van der Waals surface area contributed by atoms with E-state index in [1.165, 1.54) is 12.8 Å². The van der Waals surface area contributed by atoms with Crippen LogP contribution in [-0.2, 0) is 4.79 Å². The summed E-state index contributed by atoms with van der Waals surface area (Å²) in [7, 11) is 0. The van der Waals surface area contributed by atoms with E-state index in [9.17, 15) is 4.79 Å². The Hall–Kier alpha value is -0.610. The third-order valence-electron chi connectivity index (χ3n) is 4.37. The van der Waals surface area contributed by atoms with Gasteiger partial charge in [-0.05, 0) is 24.7 Å². The fourth-order valence-electron chi connectivity index (χ4n) is 2.96. The summed E-state index contributed by atoms with van der Waals surface area (Å²) in [6.45, 7) is 6.14. The highest BCUT2D eigenvalue weighted by atomic mass is 16.4. The topological polar surface area (TPSA) is 61.4 Å². The summed E-state index contributed by atoms with van der Waals surface area (Å²) in [6, 6.07) is 0.497. The molecule has 0 radical (unpaired) electrons. The average Bonchev–Trinajstić information content (AvgIpc) is 2.45. The quantitative estimate of drug-likeness (QED) is 0.664. The molecule has 0 amide bonds. The second-order valence-electron chi connectivity index (χ2n) is 5.62.